The van der Waals surface area contributed by atoms with Crippen molar-refractivity contribution >= 4 is 21.6 Å². The number of rotatable bonds is 5. The zero-order valence-corrected chi connectivity index (χ0v) is 14.9. The van der Waals surface area contributed by atoms with Crippen LogP contribution < -0.4 is 10.0 Å². The first-order valence-electron chi connectivity index (χ1n) is 7.52. The highest BCUT2D eigenvalue weighted by molar-refractivity contribution is 7.89. The molecule has 0 aliphatic heterocycles. The van der Waals surface area contributed by atoms with Gasteiger partial charge in [0.15, 0.2) is 0 Å². The van der Waals surface area contributed by atoms with Gasteiger partial charge in [0.2, 0.25) is 15.9 Å². The van der Waals surface area contributed by atoms with E-state index in [-0.39, 0.29) is 34.3 Å². The topological polar surface area (TPSA) is 84.5 Å². The molecule has 0 heterocycles. The minimum Gasteiger partial charge on any atom is -0.380 e. The molecule has 23 heavy (non-hydrogen) atoms. The third-order valence-corrected chi connectivity index (χ3v) is 6.02. The molecule has 1 amide bonds. The van der Waals surface area contributed by atoms with E-state index in [4.69, 9.17) is 4.74 Å². The summed E-state index contributed by atoms with van der Waals surface area (Å²) in [5.41, 5.74) is 0.297. The standard InChI is InChI=1S/C16H24N2O4S/c1-10-14(16(3,4)15(10)22-5)18-23(20,21)13-8-6-12(7-9-13)17-11(2)19/h6-10,14-15,18H,1-5H3,(H,17,19)/t10-,14+,15+/m0/s1. The number of carbonyl (C=O) groups excluding carboxylic acids is 1. The predicted molar refractivity (Wildman–Crippen MR) is 88.6 cm³/mol. The van der Waals surface area contributed by atoms with Crippen molar-refractivity contribution in [2.24, 2.45) is 11.3 Å². The Hall–Kier alpha value is -1.44. The molecule has 0 aromatic heterocycles. The van der Waals surface area contributed by atoms with Crippen LogP contribution in [0.15, 0.2) is 29.2 Å². The molecule has 3 atom stereocenters. The molecule has 6 nitrogen and oxygen atoms in total. The fourth-order valence-corrected chi connectivity index (χ4v) is 5.00. The Morgan fingerprint density at radius 2 is 1.78 bits per heavy atom. The molecule has 1 saturated carbocycles. The summed E-state index contributed by atoms with van der Waals surface area (Å²) in [5.74, 6) is -0.0993. The van der Waals surface area contributed by atoms with E-state index in [1.54, 1.807) is 19.2 Å². The van der Waals surface area contributed by atoms with Gasteiger partial charge in [-0.3, -0.25) is 4.79 Å². The maximum atomic E-state index is 12.6. The van der Waals surface area contributed by atoms with Crippen LogP contribution in [0.4, 0.5) is 5.69 Å². The van der Waals surface area contributed by atoms with E-state index in [1.165, 1.54) is 19.1 Å². The van der Waals surface area contributed by atoms with Crippen LogP contribution in [0.1, 0.15) is 27.7 Å². The van der Waals surface area contributed by atoms with Crippen molar-refractivity contribution in [3.8, 4) is 0 Å². The number of hydrogen-bond acceptors (Lipinski definition) is 4. The summed E-state index contributed by atoms with van der Waals surface area (Å²) in [6, 6.07) is 5.93. The van der Waals surface area contributed by atoms with Crippen molar-refractivity contribution in [3.63, 3.8) is 0 Å². The maximum absolute atomic E-state index is 12.6. The summed E-state index contributed by atoms with van der Waals surface area (Å²) in [6.45, 7) is 7.37. The molecule has 128 valence electrons. The van der Waals surface area contributed by atoms with Gasteiger partial charge in [-0.25, -0.2) is 13.1 Å². The largest absolute Gasteiger partial charge is 0.380 e. The Morgan fingerprint density at radius 3 is 2.22 bits per heavy atom. The molecule has 1 aliphatic carbocycles. The molecule has 2 rings (SSSR count). The Bertz CT molecular complexity index is 683. The SMILES string of the molecule is CO[C@@H]1[C@@H](C)[C@@H](NS(=O)(=O)c2ccc(NC(C)=O)cc2)C1(C)C. The fourth-order valence-electron chi connectivity index (χ4n) is 3.52. The van der Waals surface area contributed by atoms with E-state index in [1.807, 2.05) is 20.8 Å². The highest BCUT2D eigenvalue weighted by atomic mass is 32.2. The Balaban J connectivity index is 2.15. The number of amides is 1. The van der Waals surface area contributed by atoms with E-state index in [0.29, 0.717) is 5.69 Å². The van der Waals surface area contributed by atoms with Gasteiger partial charge in [-0.2, -0.15) is 0 Å². The average molecular weight is 340 g/mol. The second-order valence-electron chi connectivity index (χ2n) is 6.64. The average Bonchev–Trinajstić information content (AvgIpc) is 2.45. The number of sulfonamides is 1. The van der Waals surface area contributed by atoms with Crippen molar-refractivity contribution < 1.29 is 17.9 Å². The van der Waals surface area contributed by atoms with Crippen LogP contribution in [0.25, 0.3) is 0 Å². The summed E-state index contributed by atoms with van der Waals surface area (Å²) in [5, 5.41) is 2.61. The molecule has 0 saturated heterocycles. The summed E-state index contributed by atoms with van der Waals surface area (Å²) < 4.78 is 33.3. The van der Waals surface area contributed by atoms with Crippen LogP contribution >= 0.6 is 0 Å². The molecule has 0 bridgehead atoms. The first-order valence-corrected chi connectivity index (χ1v) is 9.00. The van der Waals surface area contributed by atoms with Gasteiger partial charge in [0.25, 0.3) is 0 Å². The minimum atomic E-state index is -3.62. The maximum Gasteiger partial charge on any atom is 0.240 e. The third kappa shape index (κ3) is 3.41. The van der Waals surface area contributed by atoms with Crippen LogP contribution in [-0.2, 0) is 19.6 Å². The molecule has 1 aromatic carbocycles. The lowest BCUT2D eigenvalue weighted by molar-refractivity contribution is -0.138. The highest BCUT2D eigenvalue weighted by Gasteiger charge is 2.55. The van der Waals surface area contributed by atoms with Crippen LogP contribution in [0, 0.1) is 11.3 Å². The fraction of sp³-hybridized carbons (Fsp3) is 0.562. The number of methoxy groups -OCH3 is 1. The van der Waals surface area contributed by atoms with Crippen molar-refractivity contribution in [3.05, 3.63) is 24.3 Å². The summed E-state index contributed by atoms with van der Waals surface area (Å²) in [7, 11) is -1.97. The second-order valence-corrected chi connectivity index (χ2v) is 8.36. The van der Waals surface area contributed by atoms with Gasteiger partial charge in [-0.1, -0.05) is 20.8 Å². The summed E-state index contributed by atoms with van der Waals surface area (Å²) in [4.78, 5) is 11.2. The lowest BCUT2D eigenvalue weighted by atomic mass is 9.58. The second kappa shape index (κ2) is 6.22. The number of nitrogens with one attached hydrogen (secondary N) is 2. The van der Waals surface area contributed by atoms with Crippen LogP contribution in [0.3, 0.4) is 0 Å². The zero-order valence-electron chi connectivity index (χ0n) is 14.1. The van der Waals surface area contributed by atoms with E-state index in [2.05, 4.69) is 10.0 Å². The van der Waals surface area contributed by atoms with E-state index in [9.17, 15) is 13.2 Å². The zero-order chi connectivity index (χ0) is 17.4. The van der Waals surface area contributed by atoms with Gasteiger partial charge in [-0.05, 0) is 30.2 Å². The van der Waals surface area contributed by atoms with E-state index >= 15 is 0 Å². The first-order chi connectivity index (χ1) is 10.6. The summed E-state index contributed by atoms with van der Waals surface area (Å²) in [6.07, 6.45) is 0.0253. The number of carbonyl (C=O) groups is 1. The Labute approximate surface area is 137 Å². The number of hydrogen-bond donors (Lipinski definition) is 2. The molecular weight excluding hydrogens is 316 g/mol. The molecule has 7 heteroatoms. The molecule has 0 radical (unpaired) electrons. The first kappa shape index (κ1) is 17.9. The van der Waals surface area contributed by atoms with E-state index in [0.717, 1.165) is 0 Å². The molecule has 1 aliphatic rings. The smallest absolute Gasteiger partial charge is 0.240 e. The van der Waals surface area contributed by atoms with Crippen molar-refractivity contribution in [1.82, 2.24) is 4.72 Å². The van der Waals surface area contributed by atoms with Crippen molar-refractivity contribution in [2.45, 2.75) is 44.7 Å². The van der Waals surface area contributed by atoms with Crippen LogP contribution in [0.2, 0.25) is 0 Å². The monoisotopic (exact) mass is 340 g/mol. The van der Waals surface area contributed by atoms with Gasteiger partial charge < -0.3 is 10.1 Å². The van der Waals surface area contributed by atoms with Gasteiger partial charge in [0, 0.05) is 31.2 Å². The Kier molecular flexibility index (Phi) is 4.84. The molecule has 2 N–H and O–H groups in total. The predicted octanol–water partition coefficient (Wildman–Crippen LogP) is 1.98. The van der Waals surface area contributed by atoms with Gasteiger partial charge in [0.05, 0.1) is 11.0 Å². The Morgan fingerprint density at radius 1 is 1.22 bits per heavy atom. The van der Waals surface area contributed by atoms with Crippen molar-refractivity contribution in [2.75, 3.05) is 12.4 Å². The molecule has 0 spiro atoms. The highest BCUT2D eigenvalue weighted by Crippen LogP contribution is 2.47. The van der Waals surface area contributed by atoms with Crippen molar-refractivity contribution in [1.29, 1.82) is 0 Å². The number of benzene rings is 1. The molecule has 1 aromatic rings. The van der Waals surface area contributed by atoms with E-state index < -0.39 is 10.0 Å². The molecule has 0 unspecified atom stereocenters. The summed E-state index contributed by atoms with van der Waals surface area (Å²) >= 11 is 0. The third-order valence-electron chi connectivity index (χ3n) is 4.56. The van der Waals surface area contributed by atoms with Crippen LogP contribution in [-0.4, -0.2) is 33.6 Å². The van der Waals surface area contributed by atoms with Gasteiger partial charge >= 0.3 is 0 Å². The van der Waals surface area contributed by atoms with Crippen LogP contribution in [0.5, 0.6) is 0 Å². The molecule has 1 fully saturated rings. The lowest BCUT2D eigenvalue weighted by Gasteiger charge is -2.56. The van der Waals surface area contributed by atoms with Gasteiger partial charge in [-0.15, -0.1) is 0 Å². The quantitative estimate of drug-likeness (QED) is 0.858. The minimum absolute atomic E-state index is 0.0253. The number of anilines is 1. The normalized spacial score (nSPS) is 26.4. The van der Waals surface area contributed by atoms with Gasteiger partial charge in [0.1, 0.15) is 0 Å². The lowest BCUT2D eigenvalue weighted by Crippen LogP contribution is -2.67. The molecular formula is C16H24N2O4S. The number of ether oxygens (including phenoxy) is 1.